The highest BCUT2D eigenvalue weighted by Crippen LogP contribution is 2.24. The molecule has 0 spiro atoms. The molecule has 5 nitrogen and oxygen atoms in total. The molecule has 0 aromatic heterocycles. The molecule has 6 heteroatoms. The van der Waals surface area contributed by atoms with Gasteiger partial charge in [0, 0.05) is 18.3 Å². The second-order valence-electron chi connectivity index (χ2n) is 4.86. The maximum Gasteiger partial charge on any atom is 0.326 e. The average Bonchev–Trinajstić information content (AvgIpc) is 2.86. The highest BCUT2D eigenvalue weighted by Gasteiger charge is 2.34. The van der Waals surface area contributed by atoms with Crippen LogP contribution in [0.15, 0.2) is 0 Å². The number of thioether (sulfide) groups is 1. The summed E-state index contributed by atoms with van der Waals surface area (Å²) in [5, 5.41) is 12.4. The predicted octanol–water partition coefficient (Wildman–Crippen LogP) is 1.53. The Bertz CT molecular complexity index is 318. The van der Waals surface area contributed by atoms with Crippen molar-refractivity contribution in [2.24, 2.45) is 0 Å². The molecule has 0 aromatic carbocycles. The van der Waals surface area contributed by atoms with Crippen molar-refractivity contribution < 1.29 is 14.7 Å². The molecule has 0 bridgehead atoms. The number of carbonyl (C=O) groups is 2. The molecule has 0 saturated carbocycles. The van der Waals surface area contributed by atoms with Crippen LogP contribution in [0.5, 0.6) is 0 Å². The van der Waals surface area contributed by atoms with Crippen LogP contribution in [0.2, 0.25) is 0 Å². The number of hydrogen-bond acceptors (Lipinski definition) is 3. The third-order valence-electron chi connectivity index (χ3n) is 3.55. The number of carboxylic acid groups (broad SMARTS) is 1. The molecule has 2 amide bonds. The molecule has 2 N–H and O–H groups in total. The molecule has 0 aliphatic carbocycles. The lowest BCUT2D eigenvalue weighted by Gasteiger charge is -2.25. The quantitative estimate of drug-likeness (QED) is 0.817. The zero-order chi connectivity index (χ0) is 13.0. The third kappa shape index (κ3) is 3.31. The number of urea groups is 1. The van der Waals surface area contributed by atoms with Crippen LogP contribution in [-0.2, 0) is 4.79 Å². The Morgan fingerprint density at radius 1 is 1.28 bits per heavy atom. The molecule has 2 saturated heterocycles. The largest absolute Gasteiger partial charge is 0.480 e. The van der Waals surface area contributed by atoms with Crippen molar-refractivity contribution in [2.45, 2.75) is 43.4 Å². The van der Waals surface area contributed by atoms with Crippen molar-refractivity contribution in [1.29, 1.82) is 0 Å². The summed E-state index contributed by atoms with van der Waals surface area (Å²) in [6.45, 7) is 1.22. The summed E-state index contributed by atoms with van der Waals surface area (Å²) in [6.07, 6.45) is 4.99. The second kappa shape index (κ2) is 6.31. The van der Waals surface area contributed by atoms with Crippen molar-refractivity contribution in [3.8, 4) is 0 Å². The van der Waals surface area contributed by atoms with Gasteiger partial charge in [0.05, 0.1) is 0 Å². The normalized spacial score (nSPS) is 28.1. The molecule has 18 heavy (non-hydrogen) atoms. The van der Waals surface area contributed by atoms with Crippen LogP contribution in [0.1, 0.15) is 32.1 Å². The van der Waals surface area contributed by atoms with Crippen LogP contribution in [0.25, 0.3) is 0 Å². The Morgan fingerprint density at radius 2 is 2.11 bits per heavy atom. The van der Waals surface area contributed by atoms with E-state index in [4.69, 9.17) is 5.11 Å². The van der Waals surface area contributed by atoms with Gasteiger partial charge in [0.1, 0.15) is 6.04 Å². The Hall–Kier alpha value is -0.910. The van der Waals surface area contributed by atoms with Gasteiger partial charge in [0.25, 0.3) is 0 Å². The second-order valence-corrected chi connectivity index (χ2v) is 6.27. The van der Waals surface area contributed by atoms with Crippen molar-refractivity contribution >= 4 is 23.8 Å². The number of aliphatic carboxylic acids is 1. The lowest BCUT2D eigenvalue weighted by Crippen LogP contribution is -2.47. The summed E-state index contributed by atoms with van der Waals surface area (Å²) < 4.78 is 0. The third-order valence-corrected chi connectivity index (χ3v) is 4.95. The minimum atomic E-state index is -0.894. The Labute approximate surface area is 111 Å². The van der Waals surface area contributed by atoms with Crippen LogP contribution in [0.3, 0.4) is 0 Å². The van der Waals surface area contributed by atoms with Crippen LogP contribution in [0, 0.1) is 0 Å². The van der Waals surface area contributed by atoms with Crippen LogP contribution >= 0.6 is 11.8 Å². The fourth-order valence-electron chi connectivity index (χ4n) is 2.54. The molecule has 2 fully saturated rings. The van der Waals surface area contributed by atoms with E-state index in [0.29, 0.717) is 24.8 Å². The topological polar surface area (TPSA) is 69.6 Å². The minimum Gasteiger partial charge on any atom is -0.480 e. The highest BCUT2D eigenvalue weighted by atomic mass is 32.2. The molecule has 0 aromatic rings. The van der Waals surface area contributed by atoms with Gasteiger partial charge in [-0.05, 0) is 31.4 Å². The maximum atomic E-state index is 11.9. The standard InChI is InChI=1S/C12H20N2O3S/c15-11(16)10-5-3-6-14(10)12(17)13-8-9-4-1-2-7-18-9/h9-10H,1-8H2,(H,13,17)(H,15,16)/t9?,10-/m1/s1. The fourth-order valence-corrected chi connectivity index (χ4v) is 3.78. The number of nitrogens with one attached hydrogen (secondary N) is 1. The number of nitrogens with zero attached hydrogens (tertiary/aromatic N) is 1. The van der Waals surface area contributed by atoms with Gasteiger partial charge in [0.2, 0.25) is 0 Å². The number of likely N-dealkylation sites (tertiary alicyclic amines) is 1. The van der Waals surface area contributed by atoms with E-state index in [2.05, 4.69) is 5.32 Å². The number of carbonyl (C=O) groups excluding carboxylic acids is 1. The first-order valence-electron chi connectivity index (χ1n) is 6.57. The SMILES string of the molecule is O=C(O)[C@H]1CCCN1C(=O)NCC1CCCCS1. The number of amides is 2. The number of hydrogen-bond donors (Lipinski definition) is 2. The average molecular weight is 272 g/mol. The Kier molecular flexibility index (Phi) is 4.74. The van der Waals surface area contributed by atoms with E-state index in [0.717, 1.165) is 12.8 Å². The molecule has 2 heterocycles. The smallest absolute Gasteiger partial charge is 0.326 e. The first kappa shape index (κ1) is 13.5. The monoisotopic (exact) mass is 272 g/mol. The molecule has 2 aliphatic heterocycles. The summed E-state index contributed by atoms with van der Waals surface area (Å²) in [7, 11) is 0. The van der Waals surface area contributed by atoms with E-state index in [1.807, 2.05) is 11.8 Å². The molecule has 2 aliphatic rings. The first-order valence-corrected chi connectivity index (χ1v) is 7.62. The van der Waals surface area contributed by atoms with Crippen molar-refractivity contribution in [2.75, 3.05) is 18.8 Å². The minimum absolute atomic E-state index is 0.217. The van der Waals surface area contributed by atoms with Gasteiger partial charge < -0.3 is 15.3 Å². The van der Waals surface area contributed by atoms with Gasteiger partial charge >= 0.3 is 12.0 Å². The van der Waals surface area contributed by atoms with Gasteiger partial charge in [-0.1, -0.05) is 6.42 Å². The Balaban J connectivity index is 1.78. The van der Waals surface area contributed by atoms with E-state index >= 15 is 0 Å². The van der Waals surface area contributed by atoms with Gasteiger partial charge in [0.15, 0.2) is 0 Å². The van der Waals surface area contributed by atoms with E-state index in [-0.39, 0.29) is 6.03 Å². The lowest BCUT2D eigenvalue weighted by molar-refractivity contribution is -0.141. The zero-order valence-corrected chi connectivity index (χ0v) is 11.2. The van der Waals surface area contributed by atoms with Crippen LogP contribution in [0.4, 0.5) is 4.79 Å². The van der Waals surface area contributed by atoms with Gasteiger partial charge in [-0.15, -0.1) is 0 Å². The maximum absolute atomic E-state index is 11.9. The van der Waals surface area contributed by atoms with Gasteiger partial charge in [-0.3, -0.25) is 0 Å². The summed E-state index contributed by atoms with van der Waals surface area (Å²) in [6, 6.07) is -0.852. The summed E-state index contributed by atoms with van der Waals surface area (Å²) in [4.78, 5) is 24.4. The number of carboxylic acids is 1. The molecular weight excluding hydrogens is 252 g/mol. The van der Waals surface area contributed by atoms with E-state index in [9.17, 15) is 9.59 Å². The van der Waals surface area contributed by atoms with Crippen molar-refractivity contribution in [3.05, 3.63) is 0 Å². The number of rotatable bonds is 3. The molecule has 2 rings (SSSR count). The summed E-state index contributed by atoms with van der Waals surface area (Å²) >= 11 is 1.91. The molecular formula is C12H20N2O3S. The van der Waals surface area contributed by atoms with E-state index in [1.54, 1.807) is 0 Å². The molecule has 1 unspecified atom stereocenters. The van der Waals surface area contributed by atoms with E-state index < -0.39 is 12.0 Å². The van der Waals surface area contributed by atoms with Crippen LogP contribution < -0.4 is 5.32 Å². The molecule has 2 atom stereocenters. The van der Waals surface area contributed by atoms with Crippen molar-refractivity contribution in [3.63, 3.8) is 0 Å². The Morgan fingerprint density at radius 3 is 2.78 bits per heavy atom. The van der Waals surface area contributed by atoms with E-state index in [1.165, 1.54) is 23.5 Å². The van der Waals surface area contributed by atoms with Crippen LogP contribution in [-0.4, -0.2) is 52.1 Å². The highest BCUT2D eigenvalue weighted by molar-refractivity contribution is 7.99. The molecule has 102 valence electrons. The zero-order valence-electron chi connectivity index (χ0n) is 10.4. The molecule has 0 radical (unpaired) electrons. The van der Waals surface area contributed by atoms with Crippen molar-refractivity contribution in [1.82, 2.24) is 10.2 Å². The lowest BCUT2D eigenvalue weighted by atomic mass is 10.2. The van der Waals surface area contributed by atoms with Gasteiger partial charge in [-0.2, -0.15) is 11.8 Å². The summed E-state index contributed by atoms with van der Waals surface area (Å²) in [5.74, 6) is 0.275. The first-order chi connectivity index (χ1) is 8.68. The van der Waals surface area contributed by atoms with Gasteiger partial charge in [-0.25, -0.2) is 9.59 Å². The predicted molar refractivity (Wildman–Crippen MR) is 70.9 cm³/mol. The fraction of sp³-hybridized carbons (Fsp3) is 0.833. The summed E-state index contributed by atoms with van der Waals surface area (Å²) in [5.41, 5.74) is 0.